The number of hydrogen-bond acceptors (Lipinski definition) is 22. The lowest BCUT2D eigenvalue weighted by Gasteiger charge is -2.39. The number of fused-ring (bicyclic) bond motifs is 4. The third kappa shape index (κ3) is 9.48. The fraction of sp³-hybridized carbons (Fsp3) is 0.889. The number of carboxylic acid groups (broad SMARTS) is 1. The minimum Gasteiger partial charge on any atom is -0.479 e. The van der Waals surface area contributed by atoms with Crippen LogP contribution >= 0.6 is 0 Å². The molecule has 8 rings (SSSR count). The van der Waals surface area contributed by atoms with E-state index in [1.807, 2.05) is 0 Å². The first-order chi connectivity index (χ1) is 33.4. The molecule has 8 heterocycles. The molecule has 27 nitrogen and oxygen atoms in total. The predicted octanol–water partition coefficient (Wildman–Crippen LogP) is -1.01. The van der Waals surface area contributed by atoms with Crippen molar-refractivity contribution in [1.29, 1.82) is 0 Å². The number of aliphatic carboxylic acids is 1. The average Bonchev–Trinajstić information content (AvgIpc) is 4.12. The standard InChI is InChI=1S/C45H70N4O23/c1-37(2,3)72-36(55)49-18-44(26(58-14)22-30(70-44)66-40(8,9)62-22)34(52)47-16-42(24(56-12)20-28(68-42)64-38(4,5)60-20)32(50)46-17-43(25(57-13)21-29(69-43)65-39(6,7)61-21)33(51)48-19-45(35(53)54)27(59-15)23-31(71-45)67-41(10,11)63-23/h20-31H,16-19H2,1-15H3,(H,46,50)(H,47,52)(H,48,51)(H,49,55)(H,53,54)/t20-,21-,22-,23-,24-,25-,26-,27-,28+,29+,30+,31+,42+,43+,44+,45+/m1/s1. The molecule has 16 atom stereocenters. The maximum absolute atomic E-state index is 15.3. The van der Waals surface area contributed by atoms with Gasteiger partial charge in [0, 0.05) is 28.4 Å². The molecule has 8 saturated heterocycles. The van der Waals surface area contributed by atoms with Crippen LogP contribution in [-0.2, 0) is 99.7 Å². The molecular formula is C45H70N4O23. The molecule has 0 bridgehead atoms. The van der Waals surface area contributed by atoms with Crippen LogP contribution in [0, 0.1) is 0 Å². The van der Waals surface area contributed by atoms with Crippen molar-refractivity contribution in [3.8, 4) is 0 Å². The molecule has 0 unspecified atom stereocenters. The maximum atomic E-state index is 15.3. The number of ether oxygens (including phenoxy) is 17. The van der Waals surface area contributed by atoms with Gasteiger partial charge in [-0.1, -0.05) is 0 Å². The molecule has 0 aromatic rings. The predicted molar refractivity (Wildman–Crippen MR) is 235 cm³/mol. The van der Waals surface area contributed by atoms with E-state index in [9.17, 15) is 24.3 Å². The van der Waals surface area contributed by atoms with E-state index in [4.69, 9.17) is 80.5 Å². The van der Waals surface area contributed by atoms with Crippen LogP contribution < -0.4 is 21.3 Å². The van der Waals surface area contributed by atoms with Crippen molar-refractivity contribution in [2.24, 2.45) is 0 Å². The molecule has 27 heteroatoms. The van der Waals surface area contributed by atoms with Crippen molar-refractivity contribution in [2.75, 3.05) is 54.6 Å². The Balaban J connectivity index is 1.10. The average molecular weight is 1040 g/mol. The Morgan fingerprint density at radius 1 is 0.417 bits per heavy atom. The number of amides is 4. The second kappa shape index (κ2) is 18.7. The van der Waals surface area contributed by atoms with Gasteiger partial charge in [0.05, 0.1) is 26.2 Å². The molecular weight excluding hydrogens is 964 g/mol. The summed E-state index contributed by atoms with van der Waals surface area (Å²) < 4.78 is 102. The number of carbonyl (C=O) groups excluding carboxylic acids is 4. The number of alkyl carbamates (subject to hydrolysis) is 1. The van der Waals surface area contributed by atoms with Crippen LogP contribution in [0.2, 0.25) is 0 Å². The monoisotopic (exact) mass is 1030 g/mol. The van der Waals surface area contributed by atoms with E-state index in [-0.39, 0.29) is 0 Å². The Morgan fingerprint density at radius 3 is 0.931 bits per heavy atom. The molecule has 0 aromatic carbocycles. The summed E-state index contributed by atoms with van der Waals surface area (Å²) in [5.74, 6) is -9.05. The van der Waals surface area contributed by atoms with Crippen molar-refractivity contribution in [2.45, 2.75) is 201 Å². The van der Waals surface area contributed by atoms with E-state index in [1.165, 1.54) is 28.4 Å². The molecule has 0 spiro atoms. The van der Waals surface area contributed by atoms with E-state index in [2.05, 4.69) is 21.3 Å². The van der Waals surface area contributed by atoms with Crippen LogP contribution in [0.5, 0.6) is 0 Å². The summed E-state index contributed by atoms with van der Waals surface area (Å²) in [5, 5.41) is 21.4. The van der Waals surface area contributed by atoms with Crippen LogP contribution in [0.4, 0.5) is 4.79 Å². The van der Waals surface area contributed by atoms with Crippen LogP contribution in [0.25, 0.3) is 0 Å². The van der Waals surface area contributed by atoms with Gasteiger partial charge in [0.15, 0.2) is 65.1 Å². The van der Waals surface area contributed by atoms with Gasteiger partial charge in [-0.15, -0.1) is 0 Å². The molecule has 8 aliphatic heterocycles. The van der Waals surface area contributed by atoms with Gasteiger partial charge in [-0.25, -0.2) is 9.59 Å². The van der Waals surface area contributed by atoms with E-state index < -0.39 is 181 Å². The minimum atomic E-state index is -2.25. The van der Waals surface area contributed by atoms with Crippen molar-refractivity contribution in [3.63, 3.8) is 0 Å². The third-order valence-corrected chi connectivity index (χ3v) is 13.6. The maximum Gasteiger partial charge on any atom is 0.407 e. The molecule has 0 aliphatic carbocycles. The summed E-state index contributed by atoms with van der Waals surface area (Å²) in [5.41, 5.74) is -9.72. The summed E-state index contributed by atoms with van der Waals surface area (Å²) >= 11 is 0. The molecule has 5 N–H and O–H groups in total. The third-order valence-electron chi connectivity index (χ3n) is 13.6. The molecule has 408 valence electrons. The van der Waals surface area contributed by atoms with Gasteiger partial charge in [-0.05, 0) is 76.2 Å². The van der Waals surface area contributed by atoms with E-state index in [0.29, 0.717) is 0 Å². The zero-order valence-electron chi connectivity index (χ0n) is 43.2. The van der Waals surface area contributed by atoms with Gasteiger partial charge in [0.25, 0.3) is 17.7 Å². The summed E-state index contributed by atoms with van der Waals surface area (Å²) in [6.07, 6.45) is -14.9. The van der Waals surface area contributed by atoms with Crippen molar-refractivity contribution < 1.29 is 110 Å². The smallest absolute Gasteiger partial charge is 0.407 e. The van der Waals surface area contributed by atoms with Crippen LogP contribution in [0.15, 0.2) is 0 Å². The Labute approximate surface area is 415 Å². The number of hydrogen-bond donors (Lipinski definition) is 5. The normalized spacial score (nSPS) is 42.6. The molecule has 8 aliphatic rings. The summed E-state index contributed by atoms with van der Waals surface area (Å²) in [6, 6.07) is 0. The summed E-state index contributed by atoms with van der Waals surface area (Å²) in [7, 11) is 5.19. The second-order valence-electron chi connectivity index (χ2n) is 21.7. The molecule has 72 heavy (non-hydrogen) atoms. The van der Waals surface area contributed by atoms with Gasteiger partial charge >= 0.3 is 12.1 Å². The van der Waals surface area contributed by atoms with E-state index in [1.54, 1.807) is 76.2 Å². The second-order valence-corrected chi connectivity index (χ2v) is 21.7. The number of carboxylic acids is 1. The first-order valence-corrected chi connectivity index (χ1v) is 23.7. The quantitative estimate of drug-likeness (QED) is 0.124. The fourth-order valence-electron chi connectivity index (χ4n) is 10.9. The molecule has 0 aromatic heterocycles. The summed E-state index contributed by atoms with van der Waals surface area (Å²) in [6.45, 7) is 15.4. The fourth-order valence-corrected chi connectivity index (χ4v) is 10.9. The van der Waals surface area contributed by atoms with Crippen molar-refractivity contribution in [3.05, 3.63) is 0 Å². The zero-order valence-corrected chi connectivity index (χ0v) is 43.2. The zero-order chi connectivity index (χ0) is 53.0. The van der Waals surface area contributed by atoms with Gasteiger partial charge in [0.2, 0.25) is 5.60 Å². The lowest BCUT2D eigenvalue weighted by Crippen LogP contribution is -2.69. The highest BCUT2D eigenvalue weighted by atomic mass is 16.9. The molecule has 8 fully saturated rings. The largest absolute Gasteiger partial charge is 0.479 e. The topological polar surface area (TPSA) is 311 Å². The first kappa shape index (κ1) is 54.8. The Morgan fingerprint density at radius 2 is 0.667 bits per heavy atom. The van der Waals surface area contributed by atoms with Gasteiger partial charge in [-0.2, -0.15) is 0 Å². The first-order valence-electron chi connectivity index (χ1n) is 23.7. The lowest BCUT2D eigenvalue weighted by molar-refractivity contribution is -0.246. The van der Waals surface area contributed by atoms with Gasteiger partial charge in [0.1, 0.15) is 54.4 Å². The number of carbonyl (C=O) groups is 5. The van der Waals surface area contributed by atoms with Crippen molar-refractivity contribution >= 4 is 29.8 Å². The Hall–Kier alpha value is -3.49. The molecule has 4 amide bonds. The lowest BCUT2D eigenvalue weighted by atomic mass is 9.89. The number of methoxy groups -OCH3 is 4. The highest BCUT2D eigenvalue weighted by Crippen LogP contribution is 2.48. The Kier molecular flexibility index (Phi) is 14.2. The molecule has 0 saturated carbocycles. The SMILES string of the molecule is CO[C@@H]1[C@H]2OC(C)(C)O[C@H]2O[C@]1(CNC(=O)[C@@]1(CNC(=O)[C@@]2(CNC(=O)[C@@]3(CNC(=O)OC(C)(C)C)O[C@@H]4OC(C)(C)O[C@@H]4[C@H]3OC)O[C@@H]3OC(C)(C)O[C@@H]3[C@H]2OC)O[C@@H]2OC(C)(C)O[C@@H]2[C@H]1OC)C(=O)O. The highest BCUT2D eigenvalue weighted by molar-refractivity contribution is 5.93. The van der Waals surface area contributed by atoms with Crippen LogP contribution in [0.3, 0.4) is 0 Å². The number of nitrogens with one attached hydrogen (secondary N) is 4. The van der Waals surface area contributed by atoms with Crippen molar-refractivity contribution in [1.82, 2.24) is 21.3 Å². The minimum absolute atomic E-state index is 0.527. The van der Waals surface area contributed by atoms with Crippen LogP contribution in [-0.4, -0.2) is 215 Å². The van der Waals surface area contributed by atoms with Gasteiger partial charge < -0.3 is 107 Å². The van der Waals surface area contributed by atoms with E-state index >= 15 is 4.79 Å². The van der Waals surface area contributed by atoms with E-state index in [0.717, 1.165) is 0 Å². The highest BCUT2D eigenvalue weighted by Gasteiger charge is 2.72. The summed E-state index contributed by atoms with van der Waals surface area (Å²) in [4.78, 5) is 71.4. The number of rotatable bonds is 16. The van der Waals surface area contributed by atoms with Crippen LogP contribution in [0.1, 0.15) is 76.2 Å². The molecule has 0 radical (unpaired) electrons. The Bertz CT molecular complexity index is 2120. The van der Waals surface area contributed by atoms with Gasteiger partial charge in [-0.3, -0.25) is 14.4 Å².